The molecule has 0 radical (unpaired) electrons. The maximum atomic E-state index is 11.1. The number of nitrogens with zero attached hydrogens (tertiary/aromatic N) is 2. The predicted molar refractivity (Wildman–Crippen MR) is 51.8 cm³/mol. The van der Waals surface area contributed by atoms with E-state index in [2.05, 4.69) is 15.2 Å². The number of hydrogen-bond donors (Lipinski definition) is 2. The molecule has 0 saturated heterocycles. The van der Waals surface area contributed by atoms with Gasteiger partial charge in [-0.05, 0) is 6.92 Å². The largest absolute Gasteiger partial charge is 0.329 e. The highest BCUT2D eigenvalue weighted by Gasteiger charge is 2.05. The van der Waals surface area contributed by atoms with Gasteiger partial charge in [0, 0.05) is 11.8 Å². The summed E-state index contributed by atoms with van der Waals surface area (Å²) in [5.41, 5.74) is 5.61. The summed E-state index contributed by atoms with van der Waals surface area (Å²) in [6.07, 6.45) is 0. The topological polar surface area (TPSA) is 84.7 Å². The van der Waals surface area contributed by atoms with Crippen LogP contribution in [0.1, 0.15) is 12.6 Å². The molecule has 0 amide bonds. The van der Waals surface area contributed by atoms with Gasteiger partial charge >= 0.3 is 0 Å². The Balaban J connectivity index is 2.80. The number of hydrogen-bond acceptors (Lipinski definition) is 5. The van der Waals surface area contributed by atoms with Crippen LogP contribution < -0.4 is 11.3 Å². The lowest BCUT2D eigenvalue weighted by molar-refractivity contribution is 0.784. The van der Waals surface area contributed by atoms with Gasteiger partial charge in [0.1, 0.15) is 5.69 Å². The van der Waals surface area contributed by atoms with Gasteiger partial charge in [0.2, 0.25) is 0 Å². The Bertz CT molecular complexity index is 338. The Morgan fingerprint density at radius 2 is 2.31 bits per heavy atom. The van der Waals surface area contributed by atoms with E-state index in [9.17, 15) is 4.79 Å². The fourth-order valence-electron chi connectivity index (χ4n) is 0.670. The molecule has 72 valence electrons. The average Bonchev–Trinajstić information content (AvgIpc) is 2.11. The molecule has 0 aliphatic heterocycles. The summed E-state index contributed by atoms with van der Waals surface area (Å²) in [5, 5.41) is 8.29. The van der Waals surface area contributed by atoms with Crippen LogP contribution in [0.15, 0.2) is 9.95 Å². The van der Waals surface area contributed by atoms with Crippen LogP contribution in [-0.2, 0) is 0 Å². The molecule has 1 heterocycles. The SMILES string of the molecule is Cc1nnc(SC(C)CN)[nH]c1=O. The molecular weight excluding hydrogens is 188 g/mol. The Kier molecular flexibility index (Phi) is 3.44. The first-order valence-electron chi connectivity index (χ1n) is 3.94. The van der Waals surface area contributed by atoms with E-state index in [-0.39, 0.29) is 10.8 Å². The van der Waals surface area contributed by atoms with Gasteiger partial charge < -0.3 is 5.73 Å². The van der Waals surface area contributed by atoms with Crippen LogP contribution in [0.5, 0.6) is 0 Å². The van der Waals surface area contributed by atoms with Crippen LogP contribution in [-0.4, -0.2) is 27.0 Å². The van der Waals surface area contributed by atoms with Crippen molar-refractivity contribution in [2.45, 2.75) is 24.3 Å². The van der Waals surface area contributed by atoms with Gasteiger partial charge in [-0.2, -0.15) is 0 Å². The molecule has 0 fully saturated rings. The quantitative estimate of drug-likeness (QED) is 0.666. The van der Waals surface area contributed by atoms with Crippen molar-refractivity contribution in [2.75, 3.05) is 6.54 Å². The van der Waals surface area contributed by atoms with Crippen LogP contribution in [0.2, 0.25) is 0 Å². The number of aryl methyl sites for hydroxylation is 1. The van der Waals surface area contributed by atoms with Crippen molar-refractivity contribution in [3.63, 3.8) is 0 Å². The van der Waals surface area contributed by atoms with E-state index in [0.717, 1.165) is 0 Å². The predicted octanol–water partition coefficient (Wildman–Crippen LogP) is -0.0874. The average molecular weight is 200 g/mol. The van der Waals surface area contributed by atoms with Gasteiger partial charge in [-0.15, -0.1) is 10.2 Å². The molecule has 1 atom stereocenters. The zero-order chi connectivity index (χ0) is 9.84. The summed E-state index contributed by atoms with van der Waals surface area (Å²) in [7, 11) is 0. The zero-order valence-electron chi connectivity index (χ0n) is 7.57. The number of nitrogens with one attached hydrogen (secondary N) is 1. The van der Waals surface area contributed by atoms with Crippen molar-refractivity contribution in [1.82, 2.24) is 15.2 Å². The molecule has 0 bridgehead atoms. The number of thioether (sulfide) groups is 1. The summed E-state index contributed by atoms with van der Waals surface area (Å²) in [4.78, 5) is 13.7. The minimum atomic E-state index is -0.193. The molecule has 6 heteroatoms. The standard InChI is InChI=1S/C7H12N4OS/c1-4(3-8)13-7-9-6(12)5(2)10-11-7/h4H,3,8H2,1-2H3,(H,9,11,12). The number of aromatic nitrogens is 3. The third-order valence-electron chi connectivity index (χ3n) is 1.48. The van der Waals surface area contributed by atoms with Crippen LogP contribution in [0.25, 0.3) is 0 Å². The lowest BCUT2D eigenvalue weighted by Crippen LogP contribution is -2.17. The van der Waals surface area contributed by atoms with Crippen molar-refractivity contribution in [1.29, 1.82) is 0 Å². The maximum Gasteiger partial charge on any atom is 0.273 e. The van der Waals surface area contributed by atoms with E-state index in [0.29, 0.717) is 17.4 Å². The van der Waals surface area contributed by atoms with Gasteiger partial charge in [0.05, 0.1) is 0 Å². The van der Waals surface area contributed by atoms with Gasteiger partial charge in [-0.1, -0.05) is 18.7 Å². The van der Waals surface area contributed by atoms with Gasteiger partial charge in [0.15, 0.2) is 5.16 Å². The van der Waals surface area contributed by atoms with Crippen molar-refractivity contribution < 1.29 is 0 Å². The molecule has 0 saturated carbocycles. The summed E-state index contributed by atoms with van der Waals surface area (Å²) in [6.45, 7) is 4.12. The molecule has 0 aliphatic rings. The zero-order valence-corrected chi connectivity index (χ0v) is 8.39. The Morgan fingerprint density at radius 1 is 1.62 bits per heavy atom. The summed E-state index contributed by atoms with van der Waals surface area (Å²) < 4.78 is 0. The Morgan fingerprint density at radius 3 is 2.85 bits per heavy atom. The first kappa shape index (κ1) is 10.2. The second kappa shape index (κ2) is 4.38. The third-order valence-corrected chi connectivity index (χ3v) is 2.49. The molecule has 1 aromatic heterocycles. The first-order chi connectivity index (χ1) is 6.13. The van der Waals surface area contributed by atoms with Crippen LogP contribution >= 0.6 is 11.8 Å². The van der Waals surface area contributed by atoms with Crippen LogP contribution in [0.4, 0.5) is 0 Å². The lowest BCUT2D eigenvalue weighted by Gasteiger charge is -2.05. The van der Waals surface area contributed by atoms with E-state index in [4.69, 9.17) is 5.73 Å². The number of aromatic amines is 1. The first-order valence-corrected chi connectivity index (χ1v) is 4.81. The third kappa shape index (κ3) is 2.82. The molecule has 0 spiro atoms. The van der Waals surface area contributed by atoms with E-state index < -0.39 is 0 Å². The molecule has 3 N–H and O–H groups in total. The van der Waals surface area contributed by atoms with Crippen molar-refractivity contribution in [2.24, 2.45) is 5.73 Å². The number of H-pyrrole nitrogens is 1. The second-order valence-electron chi connectivity index (χ2n) is 2.71. The summed E-state index contributed by atoms with van der Waals surface area (Å²) in [6, 6.07) is 0. The van der Waals surface area contributed by atoms with Crippen molar-refractivity contribution in [3.05, 3.63) is 16.0 Å². The van der Waals surface area contributed by atoms with Gasteiger partial charge in [-0.3, -0.25) is 9.78 Å². The second-order valence-corrected chi connectivity index (χ2v) is 4.14. The normalized spacial score (nSPS) is 12.8. The van der Waals surface area contributed by atoms with Gasteiger partial charge in [-0.25, -0.2) is 0 Å². The number of nitrogens with two attached hydrogens (primary N) is 1. The van der Waals surface area contributed by atoms with Gasteiger partial charge in [0.25, 0.3) is 5.56 Å². The highest BCUT2D eigenvalue weighted by Crippen LogP contribution is 2.15. The monoisotopic (exact) mass is 200 g/mol. The van der Waals surface area contributed by atoms with Crippen molar-refractivity contribution >= 4 is 11.8 Å². The molecule has 13 heavy (non-hydrogen) atoms. The molecule has 0 aromatic carbocycles. The highest BCUT2D eigenvalue weighted by molar-refractivity contribution is 7.99. The molecule has 1 rings (SSSR count). The minimum absolute atomic E-state index is 0.193. The highest BCUT2D eigenvalue weighted by atomic mass is 32.2. The number of rotatable bonds is 3. The minimum Gasteiger partial charge on any atom is -0.329 e. The molecule has 5 nitrogen and oxygen atoms in total. The van der Waals surface area contributed by atoms with E-state index in [1.165, 1.54) is 11.8 Å². The fraction of sp³-hybridized carbons (Fsp3) is 0.571. The van der Waals surface area contributed by atoms with E-state index >= 15 is 0 Å². The van der Waals surface area contributed by atoms with Crippen molar-refractivity contribution in [3.8, 4) is 0 Å². The van der Waals surface area contributed by atoms with E-state index in [1.54, 1.807) is 6.92 Å². The smallest absolute Gasteiger partial charge is 0.273 e. The molecule has 1 unspecified atom stereocenters. The summed E-state index contributed by atoms with van der Waals surface area (Å²) >= 11 is 1.41. The fourth-order valence-corrected chi connectivity index (χ4v) is 1.39. The van der Waals surface area contributed by atoms with Crippen LogP contribution in [0, 0.1) is 6.92 Å². The van der Waals surface area contributed by atoms with E-state index in [1.807, 2.05) is 6.92 Å². The molecular formula is C7H12N4OS. The molecule has 1 aromatic rings. The lowest BCUT2D eigenvalue weighted by atomic mass is 10.5. The Hall–Kier alpha value is -0.880. The summed E-state index contributed by atoms with van der Waals surface area (Å²) in [5.74, 6) is 0. The Labute approximate surface area is 80.1 Å². The van der Waals surface area contributed by atoms with Crippen LogP contribution in [0.3, 0.4) is 0 Å². The maximum absolute atomic E-state index is 11.1. The molecule has 0 aliphatic carbocycles.